The molecule has 0 aliphatic carbocycles. The summed E-state index contributed by atoms with van der Waals surface area (Å²) in [5.41, 5.74) is 8.52. The molecule has 0 saturated heterocycles. The van der Waals surface area contributed by atoms with Crippen molar-refractivity contribution in [2.24, 2.45) is 5.73 Å². The molecule has 2 rings (SSSR count). The Morgan fingerprint density at radius 2 is 2.26 bits per heavy atom. The monoisotopic (exact) mass is 263 g/mol. The topological polar surface area (TPSA) is 78.6 Å². The lowest BCUT2D eigenvalue weighted by Crippen LogP contribution is -2.41. The number of fused-ring (bicyclic) bond motifs is 1. The molecule has 0 bridgehead atoms. The molecule has 19 heavy (non-hydrogen) atoms. The van der Waals surface area contributed by atoms with Crippen molar-refractivity contribution in [3.63, 3.8) is 0 Å². The lowest BCUT2D eigenvalue weighted by molar-refractivity contribution is -0.119. The first-order valence-corrected chi connectivity index (χ1v) is 6.65. The van der Waals surface area contributed by atoms with E-state index in [1.807, 2.05) is 19.2 Å². The van der Waals surface area contributed by atoms with Crippen LogP contribution in [0.1, 0.15) is 18.4 Å². The van der Waals surface area contributed by atoms with E-state index in [2.05, 4.69) is 11.4 Å². The van der Waals surface area contributed by atoms with E-state index in [0.717, 1.165) is 23.4 Å². The van der Waals surface area contributed by atoms with Gasteiger partial charge in [0, 0.05) is 24.8 Å². The van der Waals surface area contributed by atoms with Crippen LogP contribution in [0.3, 0.4) is 0 Å². The molecule has 1 unspecified atom stereocenters. The molecule has 0 spiro atoms. The minimum atomic E-state index is -0.566. The fourth-order valence-electron chi connectivity index (χ4n) is 2.41. The molecule has 1 aliphatic rings. The number of β-amino-alcohol motifs (C(OH)–C–C–N with tert-alkyl or cyclic N) is 1. The van der Waals surface area contributed by atoms with Crippen molar-refractivity contribution in [3.8, 4) is 0 Å². The van der Waals surface area contributed by atoms with Crippen LogP contribution in [0.15, 0.2) is 18.2 Å². The lowest BCUT2D eigenvalue weighted by atomic mass is 9.99. The van der Waals surface area contributed by atoms with Gasteiger partial charge in [0.25, 0.3) is 0 Å². The number of aliphatic hydroxyl groups excluding tert-OH is 1. The first-order valence-electron chi connectivity index (χ1n) is 6.65. The molecular weight excluding hydrogens is 242 g/mol. The number of carbonyl (C=O) groups excluding carboxylic acids is 1. The average Bonchev–Trinajstić information content (AvgIpc) is 2.41. The SMILES string of the molecule is CNc1ccc2c(c1)CCC(=O)N2CC(O)CCN. The molecule has 1 atom stereocenters. The van der Waals surface area contributed by atoms with Crippen molar-refractivity contribution < 1.29 is 9.90 Å². The summed E-state index contributed by atoms with van der Waals surface area (Å²) in [5.74, 6) is 0.0702. The molecular formula is C14H21N3O2. The lowest BCUT2D eigenvalue weighted by Gasteiger charge is -2.31. The molecule has 1 amide bonds. The molecule has 5 nitrogen and oxygen atoms in total. The van der Waals surface area contributed by atoms with Gasteiger partial charge in [-0.15, -0.1) is 0 Å². The summed E-state index contributed by atoms with van der Waals surface area (Å²) in [4.78, 5) is 13.7. The van der Waals surface area contributed by atoms with Crippen LogP contribution in [0, 0.1) is 0 Å². The highest BCUT2D eigenvalue weighted by atomic mass is 16.3. The van der Waals surface area contributed by atoms with Gasteiger partial charge in [-0.05, 0) is 43.1 Å². The van der Waals surface area contributed by atoms with Gasteiger partial charge in [-0.2, -0.15) is 0 Å². The Morgan fingerprint density at radius 1 is 1.47 bits per heavy atom. The van der Waals surface area contributed by atoms with Crippen LogP contribution >= 0.6 is 0 Å². The molecule has 0 radical (unpaired) electrons. The summed E-state index contributed by atoms with van der Waals surface area (Å²) in [6.07, 6.45) is 1.19. The standard InChI is InChI=1S/C14H21N3O2/c1-16-11-3-4-13-10(8-11)2-5-14(19)17(13)9-12(18)6-7-15/h3-4,8,12,16,18H,2,5-7,9,15H2,1H3. The Balaban J connectivity index is 2.22. The van der Waals surface area contributed by atoms with Crippen molar-refractivity contribution in [3.05, 3.63) is 23.8 Å². The molecule has 1 aromatic rings. The number of aliphatic hydroxyl groups is 1. The summed E-state index contributed by atoms with van der Waals surface area (Å²) in [5, 5.41) is 13.0. The van der Waals surface area contributed by atoms with Crippen LogP contribution in [0.4, 0.5) is 11.4 Å². The Bertz CT molecular complexity index is 462. The number of nitrogens with one attached hydrogen (secondary N) is 1. The van der Waals surface area contributed by atoms with Crippen LogP contribution < -0.4 is 16.0 Å². The van der Waals surface area contributed by atoms with Crippen LogP contribution in [-0.2, 0) is 11.2 Å². The fourth-order valence-corrected chi connectivity index (χ4v) is 2.41. The van der Waals surface area contributed by atoms with Gasteiger partial charge in [0.2, 0.25) is 5.91 Å². The van der Waals surface area contributed by atoms with Gasteiger partial charge in [0.15, 0.2) is 0 Å². The zero-order chi connectivity index (χ0) is 13.8. The fraction of sp³-hybridized carbons (Fsp3) is 0.500. The Labute approximate surface area is 113 Å². The van der Waals surface area contributed by atoms with Crippen LogP contribution in [0.2, 0.25) is 0 Å². The second kappa shape index (κ2) is 6.04. The predicted octanol–water partition coefficient (Wildman–Crippen LogP) is 0.717. The van der Waals surface area contributed by atoms with Gasteiger partial charge in [0.05, 0.1) is 12.6 Å². The normalized spacial score (nSPS) is 16.2. The summed E-state index contributed by atoms with van der Waals surface area (Å²) in [7, 11) is 1.87. The van der Waals surface area contributed by atoms with E-state index in [0.29, 0.717) is 25.9 Å². The second-order valence-corrected chi connectivity index (χ2v) is 4.83. The van der Waals surface area contributed by atoms with Crippen molar-refractivity contribution in [1.82, 2.24) is 0 Å². The highest BCUT2D eigenvalue weighted by Gasteiger charge is 2.25. The summed E-state index contributed by atoms with van der Waals surface area (Å²) >= 11 is 0. The zero-order valence-electron chi connectivity index (χ0n) is 11.2. The molecule has 1 heterocycles. The first-order chi connectivity index (χ1) is 9.15. The second-order valence-electron chi connectivity index (χ2n) is 4.83. The number of amides is 1. The van der Waals surface area contributed by atoms with Crippen LogP contribution in [0.5, 0.6) is 0 Å². The van der Waals surface area contributed by atoms with E-state index in [1.165, 1.54) is 0 Å². The van der Waals surface area contributed by atoms with E-state index in [9.17, 15) is 9.90 Å². The van der Waals surface area contributed by atoms with E-state index < -0.39 is 6.10 Å². The molecule has 0 saturated carbocycles. The largest absolute Gasteiger partial charge is 0.391 e. The van der Waals surface area contributed by atoms with Gasteiger partial charge in [-0.25, -0.2) is 0 Å². The minimum Gasteiger partial charge on any atom is -0.391 e. The number of nitrogens with two attached hydrogens (primary N) is 1. The summed E-state index contributed by atoms with van der Waals surface area (Å²) in [6.45, 7) is 0.747. The quantitative estimate of drug-likeness (QED) is 0.731. The van der Waals surface area contributed by atoms with Gasteiger partial charge in [-0.3, -0.25) is 4.79 Å². The Morgan fingerprint density at radius 3 is 2.95 bits per heavy atom. The average molecular weight is 263 g/mol. The van der Waals surface area contributed by atoms with Gasteiger partial charge >= 0.3 is 0 Å². The number of anilines is 2. The Kier molecular flexibility index (Phi) is 4.39. The van der Waals surface area contributed by atoms with E-state index >= 15 is 0 Å². The molecule has 0 aromatic heterocycles. The molecule has 104 valence electrons. The Hall–Kier alpha value is -1.59. The number of carbonyl (C=O) groups is 1. The maximum absolute atomic E-state index is 12.0. The highest BCUT2D eigenvalue weighted by Crippen LogP contribution is 2.30. The molecule has 4 N–H and O–H groups in total. The maximum Gasteiger partial charge on any atom is 0.227 e. The van der Waals surface area contributed by atoms with E-state index in [1.54, 1.807) is 4.90 Å². The van der Waals surface area contributed by atoms with Gasteiger partial charge in [0.1, 0.15) is 0 Å². The highest BCUT2D eigenvalue weighted by molar-refractivity contribution is 5.96. The third-order valence-corrected chi connectivity index (χ3v) is 3.46. The molecule has 0 fully saturated rings. The van der Waals surface area contributed by atoms with Crippen LogP contribution in [0.25, 0.3) is 0 Å². The number of hydrogen-bond donors (Lipinski definition) is 3. The van der Waals surface area contributed by atoms with Gasteiger partial charge < -0.3 is 21.1 Å². The predicted molar refractivity (Wildman–Crippen MR) is 76.3 cm³/mol. The third kappa shape index (κ3) is 3.05. The molecule has 1 aliphatic heterocycles. The first kappa shape index (κ1) is 13.8. The summed E-state index contributed by atoms with van der Waals surface area (Å²) < 4.78 is 0. The van der Waals surface area contributed by atoms with E-state index in [-0.39, 0.29) is 5.91 Å². The van der Waals surface area contributed by atoms with Crippen molar-refractivity contribution >= 4 is 17.3 Å². The number of rotatable bonds is 5. The van der Waals surface area contributed by atoms with Crippen molar-refractivity contribution in [2.45, 2.75) is 25.4 Å². The number of aryl methyl sites for hydroxylation is 1. The minimum absolute atomic E-state index is 0.0702. The van der Waals surface area contributed by atoms with Gasteiger partial charge in [-0.1, -0.05) is 0 Å². The van der Waals surface area contributed by atoms with Crippen LogP contribution in [-0.4, -0.2) is 37.3 Å². The number of benzene rings is 1. The number of nitrogens with zero attached hydrogens (tertiary/aromatic N) is 1. The zero-order valence-corrected chi connectivity index (χ0v) is 11.2. The number of hydrogen-bond acceptors (Lipinski definition) is 4. The molecule has 5 heteroatoms. The smallest absolute Gasteiger partial charge is 0.227 e. The third-order valence-electron chi connectivity index (χ3n) is 3.46. The summed E-state index contributed by atoms with van der Waals surface area (Å²) in [6, 6.07) is 5.94. The van der Waals surface area contributed by atoms with Crippen molar-refractivity contribution in [1.29, 1.82) is 0 Å². The van der Waals surface area contributed by atoms with E-state index in [4.69, 9.17) is 5.73 Å². The maximum atomic E-state index is 12.0. The molecule has 1 aromatic carbocycles. The van der Waals surface area contributed by atoms with Crippen molar-refractivity contribution in [2.75, 3.05) is 30.4 Å².